The highest BCUT2D eigenvalue weighted by atomic mass is 16.5. The summed E-state index contributed by atoms with van der Waals surface area (Å²) in [6.45, 7) is 0. The van der Waals surface area contributed by atoms with Crippen molar-refractivity contribution < 1.29 is 9.53 Å². The minimum atomic E-state index is -0.303. The maximum atomic E-state index is 11.3. The fraction of sp³-hybridized carbons (Fsp3) is 0.0526. The second-order valence-electron chi connectivity index (χ2n) is 5.66. The first-order chi connectivity index (χ1) is 13.2. The highest BCUT2D eigenvalue weighted by Crippen LogP contribution is 2.27. The van der Waals surface area contributed by atoms with E-state index in [1.165, 1.54) is 6.20 Å². The summed E-state index contributed by atoms with van der Waals surface area (Å²) in [4.78, 5) is 19.8. The Morgan fingerprint density at radius 1 is 1.07 bits per heavy atom. The number of carbonyl (C=O) groups is 1. The Balaban J connectivity index is 1.49. The first-order valence-electron chi connectivity index (χ1n) is 8.24. The Kier molecular flexibility index (Phi) is 4.36. The minimum absolute atomic E-state index is 0.303. The van der Waals surface area contributed by atoms with Gasteiger partial charge in [0.25, 0.3) is 0 Å². The number of amides is 2. The van der Waals surface area contributed by atoms with E-state index in [1.807, 2.05) is 36.5 Å². The largest absolute Gasteiger partial charge is 0.439 e. The first-order valence-corrected chi connectivity index (χ1v) is 8.24. The summed E-state index contributed by atoms with van der Waals surface area (Å²) in [5.41, 5.74) is 3.32. The summed E-state index contributed by atoms with van der Waals surface area (Å²) in [6, 6.07) is 12.6. The molecule has 3 aromatic heterocycles. The van der Waals surface area contributed by atoms with Gasteiger partial charge in [0.2, 0.25) is 5.88 Å². The average Bonchev–Trinajstić information content (AvgIpc) is 3.14. The molecule has 0 aliphatic rings. The lowest BCUT2D eigenvalue weighted by molar-refractivity contribution is 0.254. The Morgan fingerprint density at radius 2 is 1.93 bits per heavy atom. The van der Waals surface area contributed by atoms with E-state index in [2.05, 4.69) is 25.7 Å². The van der Waals surface area contributed by atoms with Crippen LogP contribution in [0, 0.1) is 0 Å². The Hall–Kier alpha value is -3.94. The topological polar surface area (TPSA) is 93.4 Å². The Bertz CT molecular complexity index is 1070. The molecule has 134 valence electrons. The Morgan fingerprint density at radius 3 is 2.67 bits per heavy atom. The maximum absolute atomic E-state index is 11.3. The summed E-state index contributed by atoms with van der Waals surface area (Å²) in [5.74, 6) is 1.09. The fourth-order valence-electron chi connectivity index (χ4n) is 2.56. The number of fused-ring (bicyclic) bond motifs is 1. The molecular weight excluding hydrogens is 344 g/mol. The number of carbonyl (C=O) groups excluding carboxylic acids is 1. The standard InChI is InChI=1S/C19H16N6O2/c1-20-19(26)24-14-5-8-17(22-11-14)27-15-6-3-13(4-7-15)16-12-23-25-10-2-9-21-18(16)25/h2-12H,1H3,(H2,20,24,26). The molecule has 0 unspecified atom stereocenters. The minimum Gasteiger partial charge on any atom is -0.439 e. The van der Waals surface area contributed by atoms with Crippen LogP contribution in [0.3, 0.4) is 0 Å². The van der Waals surface area contributed by atoms with Gasteiger partial charge in [0.05, 0.1) is 18.1 Å². The molecule has 27 heavy (non-hydrogen) atoms. The van der Waals surface area contributed by atoms with Gasteiger partial charge in [-0.1, -0.05) is 12.1 Å². The SMILES string of the molecule is CNC(=O)Nc1ccc(Oc2ccc(-c3cnn4cccnc34)cc2)nc1. The molecule has 0 atom stereocenters. The van der Waals surface area contributed by atoms with Crippen molar-refractivity contribution in [1.29, 1.82) is 0 Å². The molecular formula is C19H16N6O2. The normalized spacial score (nSPS) is 10.6. The summed E-state index contributed by atoms with van der Waals surface area (Å²) >= 11 is 0. The first kappa shape index (κ1) is 16.5. The van der Waals surface area contributed by atoms with Gasteiger partial charge in [-0.25, -0.2) is 19.3 Å². The van der Waals surface area contributed by atoms with E-state index in [0.29, 0.717) is 17.3 Å². The van der Waals surface area contributed by atoms with Crippen molar-refractivity contribution in [3.63, 3.8) is 0 Å². The number of pyridine rings is 1. The fourth-order valence-corrected chi connectivity index (χ4v) is 2.56. The number of rotatable bonds is 4. The number of nitrogens with zero attached hydrogens (tertiary/aromatic N) is 4. The third kappa shape index (κ3) is 3.54. The van der Waals surface area contributed by atoms with Gasteiger partial charge in [0.15, 0.2) is 5.65 Å². The smallest absolute Gasteiger partial charge is 0.319 e. The summed E-state index contributed by atoms with van der Waals surface area (Å²) < 4.78 is 7.48. The molecule has 2 N–H and O–H groups in total. The zero-order chi connectivity index (χ0) is 18.6. The van der Waals surface area contributed by atoms with E-state index in [9.17, 15) is 4.79 Å². The number of ether oxygens (including phenoxy) is 1. The van der Waals surface area contributed by atoms with Gasteiger partial charge >= 0.3 is 6.03 Å². The number of hydrogen-bond acceptors (Lipinski definition) is 5. The van der Waals surface area contributed by atoms with Crippen molar-refractivity contribution in [1.82, 2.24) is 24.9 Å². The van der Waals surface area contributed by atoms with Gasteiger partial charge < -0.3 is 15.4 Å². The lowest BCUT2D eigenvalue weighted by atomic mass is 10.1. The molecule has 0 spiro atoms. The number of nitrogens with one attached hydrogen (secondary N) is 2. The van der Waals surface area contributed by atoms with E-state index in [0.717, 1.165) is 16.8 Å². The quantitative estimate of drug-likeness (QED) is 0.582. The lowest BCUT2D eigenvalue weighted by Gasteiger charge is -2.07. The van der Waals surface area contributed by atoms with Crippen molar-refractivity contribution in [2.24, 2.45) is 0 Å². The van der Waals surface area contributed by atoms with Gasteiger partial charge in [-0.05, 0) is 29.8 Å². The number of urea groups is 1. The molecule has 1 aromatic carbocycles. The molecule has 0 radical (unpaired) electrons. The van der Waals surface area contributed by atoms with Gasteiger partial charge in [0, 0.05) is 31.1 Å². The van der Waals surface area contributed by atoms with Crippen molar-refractivity contribution in [3.05, 3.63) is 67.3 Å². The van der Waals surface area contributed by atoms with Crippen LogP contribution >= 0.6 is 0 Å². The molecule has 0 aliphatic heterocycles. The molecule has 0 saturated heterocycles. The molecule has 2 amide bonds. The zero-order valence-electron chi connectivity index (χ0n) is 14.5. The predicted octanol–water partition coefficient (Wildman–Crippen LogP) is 3.33. The molecule has 8 nitrogen and oxygen atoms in total. The van der Waals surface area contributed by atoms with Crippen molar-refractivity contribution >= 4 is 17.4 Å². The number of hydrogen-bond donors (Lipinski definition) is 2. The zero-order valence-corrected chi connectivity index (χ0v) is 14.5. The van der Waals surface area contributed by atoms with E-state index in [-0.39, 0.29) is 6.03 Å². The monoisotopic (exact) mass is 360 g/mol. The summed E-state index contributed by atoms with van der Waals surface area (Å²) in [7, 11) is 1.55. The van der Waals surface area contributed by atoms with Crippen LogP contribution in [0.1, 0.15) is 0 Å². The molecule has 0 saturated carbocycles. The van der Waals surface area contributed by atoms with Crippen LogP contribution in [0.15, 0.2) is 67.3 Å². The predicted molar refractivity (Wildman–Crippen MR) is 101 cm³/mol. The van der Waals surface area contributed by atoms with Crippen LogP contribution in [0.4, 0.5) is 10.5 Å². The third-order valence-corrected chi connectivity index (χ3v) is 3.89. The van der Waals surface area contributed by atoms with Crippen molar-refractivity contribution in [2.75, 3.05) is 12.4 Å². The molecule has 4 aromatic rings. The van der Waals surface area contributed by atoms with Gasteiger partial charge in [-0.15, -0.1) is 0 Å². The summed E-state index contributed by atoms with van der Waals surface area (Å²) in [6.07, 6.45) is 6.92. The second-order valence-corrected chi connectivity index (χ2v) is 5.66. The molecule has 4 rings (SSSR count). The van der Waals surface area contributed by atoms with E-state index in [4.69, 9.17) is 4.74 Å². The van der Waals surface area contributed by atoms with Crippen molar-refractivity contribution in [3.8, 4) is 22.8 Å². The highest BCUT2D eigenvalue weighted by molar-refractivity contribution is 5.88. The molecule has 8 heteroatoms. The van der Waals surface area contributed by atoms with Crippen LogP contribution in [-0.4, -0.2) is 32.7 Å². The maximum Gasteiger partial charge on any atom is 0.319 e. The van der Waals surface area contributed by atoms with Crippen LogP contribution in [0.25, 0.3) is 16.8 Å². The number of anilines is 1. The van der Waals surface area contributed by atoms with Crippen LogP contribution < -0.4 is 15.4 Å². The van der Waals surface area contributed by atoms with E-state index in [1.54, 1.807) is 36.1 Å². The third-order valence-electron chi connectivity index (χ3n) is 3.89. The average molecular weight is 360 g/mol. The van der Waals surface area contributed by atoms with Gasteiger partial charge in [0.1, 0.15) is 5.75 Å². The lowest BCUT2D eigenvalue weighted by Crippen LogP contribution is -2.24. The number of aromatic nitrogens is 4. The second kappa shape index (κ2) is 7.12. The van der Waals surface area contributed by atoms with Gasteiger partial charge in [-0.2, -0.15) is 5.10 Å². The van der Waals surface area contributed by atoms with Crippen LogP contribution in [0.2, 0.25) is 0 Å². The highest BCUT2D eigenvalue weighted by Gasteiger charge is 2.08. The number of benzene rings is 1. The van der Waals surface area contributed by atoms with Crippen molar-refractivity contribution in [2.45, 2.75) is 0 Å². The molecule has 0 fully saturated rings. The Labute approximate surface area is 154 Å². The summed E-state index contributed by atoms with van der Waals surface area (Å²) in [5, 5.41) is 9.41. The van der Waals surface area contributed by atoms with Crippen LogP contribution in [0.5, 0.6) is 11.6 Å². The van der Waals surface area contributed by atoms with Gasteiger partial charge in [-0.3, -0.25) is 0 Å². The van der Waals surface area contributed by atoms with E-state index < -0.39 is 0 Å². The molecule has 3 heterocycles. The molecule has 0 bridgehead atoms. The van der Waals surface area contributed by atoms with E-state index >= 15 is 0 Å². The molecule has 0 aliphatic carbocycles. The van der Waals surface area contributed by atoms with Crippen LogP contribution in [-0.2, 0) is 0 Å².